The molecule has 0 saturated heterocycles. The zero-order valence-electron chi connectivity index (χ0n) is 42.7. The molecule has 0 spiro atoms. The van der Waals surface area contributed by atoms with E-state index >= 15 is 0 Å². The van der Waals surface area contributed by atoms with Crippen LogP contribution < -0.4 is 0 Å². The van der Waals surface area contributed by atoms with Crippen molar-refractivity contribution < 1.29 is 28.6 Å². The van der Waals surface area contributed by atoms with E-state index in [2.05, 4.69) is 93.7 Å². The van der Waals surface area contributed by atoms with E-state index in [1.807, 2.05) is 0 Å². The van der Waals surface area contributed by atoms with Crippen LogP contribution >= 0.6 is 0 Å². The minimum absolute atomic E-state index is 0.0897. The number of allylic oxidation sites excluding steroid dienone is 12. The van der Waals surface area contributed by atoms with Crippen molar-refractivity contribution in [1.29, 1.82) is 0 Å². The van der Waals surface area contributed by atoms with E-state index < -0.39 is 6.10 Å². The van der Waals surface area contributed by atoms with E-state index in [1.54, 1.807) is 0 Å². The Morgan fingerprint density at radius 2 is 0.554 bits per heavy atom. The molecule has 0 aromatic carbocycles. The monoisotopic (exact) mass is 907 g/mol. The summed E-state index contributed by atoms with van der Waals surface area (Å²) >= 11 is 0. The number of hydrogen-bond acceptors (Lipinski definition) is 6. The Bertz CT molecular complexity index is 1230. The zero-order valence-corrected chi connectivity index (χ0v) is 42.7. The second kappa shape index (κ2) is 53.5. The Labute approximate surface area is 402 Å². The second-order valence-corrected chi connectivity index (χ2v) is 18.1. The van der Waals surface area contributed by atoms with Gasteiger partial charge in [-0.3, -0.25) is 14.4 Å². The SMILES string of the molecule is CCCCC/C=C\C/C=C\C/C=C\CCCCCCCCC(=O)OC[C@@H](COC(=O)CCCCCCC/C=C\CCCCCC)OC(=O)CCCCCCC/C=C\C/C=C\CCCCC. The summed E-state index contributed by atoms with van der Waals surface area (Å²) in [6.45, 7) is 6.55. The van der Waals surface area contributed by atoms with Crippen LogP contribution in [-0.4, -0.2) is 37.2 Å². The molecule has 0 fully saturated rings. The van der Waals surface area contributed by atoms with Gasteiger partial charge in [-0.15, -0.1) is 0 Å². The van der Waals surface area contributed by atoms with E-state index in [-0.39, 0.29) is 31.1 Å². The highest BCUT2D eigenvalue weighted by Gasteiger charge is 2.19. The Kier molecular flexibility index (Phi) is 50.9. The molecule has 0 rings (SSSR count). The van der Waals surface area contributed by atoms with Crippen molar-refractivity contribution in [3.8, 4) is 0 Å². The number of unbranched alkanes of at least 4 members (excludes halogenated alkanes) is 26. The van der Waals surface area contributed by atoms with Crippen LogP contribution in [-0.2, 0) is 28.6 Å². The van der Waals surface area contributed by atoms with Crippen LogP contribution in [0.25, 0.3) is 0 Å². The number of ether oxygens (including phenoxy) is 3. The van der Waals surface area contributed by atoms with Crippen molar-refractivity contribution in [1.82, 2.24) is 0 Å². The van der Waals surface area contributed by atoms with Gasteiger partial charge in [-0.25, -0.2) is 0 Å². The maximum Gasteiger partial charge on any atom is 0.306 e. The van der Waals surface area contributed by atoms with E-state index in [0.717, 1.165) is 109 Å². The van der Waals surface area contributed by atoms with Gasteiger partial charge in [-0.1, -0.05) is 203 Å². The number of carbonyl (C=O) groups is 3. The smallest absolute Gasteiger partial charge is 0.306 e. The van der Waals surface area contributed by atoms with E-state index in [1.165, 1.54) is 116 Å². The van der Waals surface area contributed by atoms with Gasteiger partial charge in [-0.05, 0) is 116 Å². The molecule has 0 radical (unpaired) electrons. The second-order valence-electron chi connectivity index (χ2n) is 18.1. The lowest BCUT2D eigenvalue weighted by molar-refractivity contribution is -0.167. The quantitative estimate of drug-likeness (QED) is 0.0262. The van der Waals surface area contributed by atoms with E-state index in [9.17, 15) is 14.4 Å². The van der Waals surface area contributed by atoms with Gasteiger partial charge in [0.05, 0.1) is 0 Å². The molecule has 0 saturated carbocycles. The molecule has 0 aromatic heterocycles. The van der Waals surface area contributed by atoms with Gasteiger partial charge in [0.25, 0.3) is 0 Å². The first kappa shape index (κ1) is 61.9. The summed E-state index contributed by atoms with van der Waals surface area (Å²) in [7, 11) is 0. The molecular weight excluding hydrogens is 805 g/mol. The normalized spacial score (nSPS) is 12.6. The first-order valence-corrected chi connectivity index (χ1v) is 27.4. The standard InChI is InChI=1S/C59H102O6/c1-4-7-10-13-16-19-22-25-27-28-29-30-32-34-37-40-43-46-49-52-58(61)64-55-56(54-63-57(60)51-48-45-42-39-36-33-24-21-18-15-12-9-6-3)65-59(62)53-50-47-44-41-38-35-31-26-23-20-17-14-11-8-5-2/h16-17,19-21,24-27,29-31,56H,4-15,18,22-23,28,32-55H2,1-3H3/b19-16-,20-17-,24-21-,27-25-,30-29-,31-26-/t56-/m1/s1. The van der Waals surface area contributed by atoms with Crippen LogP contribution in [0.4, 0.5) is 0 Å². The fourth-order valence-electron chi connectivity index (χ4n) is 7.47. The van der Waals surface area contributed by atoms with Crippen LogP contribution in [0.5, 0.6) is 0 Å². The summed E-state index contributed by atoms with van der Waals surface area (Å²) in [6.07, 6.45) is 67.3. The molecule has 65 heavy (non-hydrogen) atoms. The van der Waals surface area contributed by atoms with Crippen molar-refractivity contribution in [2.24, 2.45) is 0 Å². The number of hydrogen-bond donors (Lipinski definition) is 0. The third kappa shape index (κ3) is 51.7. The number of rotatable bonds is 49. The summed E-state index contributed by atoms with van der Waals surface area (Å²) in [5, 5.41) is 0. The molecule has 6 heteroatoms. The highest BCUT2D eigenvalue weighted by molar-refractivity contribution is 5.71. The van der Waals surface area contributed by atoms with E-state index in [4.69, 9.17) is 14.2 Å². The molecule has 0 aliphatic rings. The lowest BCUT2D eigenvalue weighted by Crippen LogP contribution is -2.30. The highest BCUT2D eigenvalue weighted by Crippen LogP contribution is 2.14. The fraction of sp³-hybridized carbons (Fsp3) is 0.746. The fourth-order valence-corrected chi connectivity index (χ4v) is 7.47. The number of esters is 3. The maximum atomic E-state index is 12.8. The molecular formula is C59H102O6. The predicted molar refractivity (Wildman–Crippen MR) is 279 cm³/mol. The summed E-state index contributed by atoms with van der Waals surface area (Å²) in [6, 6.07) is 0. The summed E-state index contributed by atoms with van der Waals surface area (Å²) in [5.74, 6) is -0.920. The molecule has 1 atom stereocenters. The van der Waals surface area contributed by atoms with Crippen molar-refractivity contribution in [3.63, 3.8) is 0 Å². The highest BCUT2D eigenvalue weighted by atomic mass is 16.6. The average Bonchev–Trinajstić information content (AvgIpc) is 3.30. The largest absolute Gasteiger partial charge is 0.462 e. The molecule has 374 valence electrons. The number of carbonyl (C=O) groups excluding carboxylic acids is 3. The maximum absolute atomic E-state index is 12.8. The molecule has 0 amide bonds. The Morgan fingerprint density at radius 1 is 0.308 bits per heavy atom. The lowest BCUT2D eigenvalue weighted by atomic mass is 10.1. The van der Waals surface area contributed by atoms with Gasteiger partial charge in [0, 0.05) is 19.3 Å². The van der Waals surface area contributed by atoms with Gasteiger partial charge >= 0.3 is 17.9 Å². The zero-order chi connectivity index (χ0) is 47.2. The molecule has 0 N–H and O–H groups in total. The summed E-state index contributed by atoms with van der Waals surface area (Å²) in [4.78, 5) is 38.1. The summed E-state index contributed by atoms with van der Waals surface area (Å²) in [5.41, 5.74) is 0. The van der Waals surface area contributed by atoms with Gasteiger partial charge in [-0.2, -0.15) is 0 Å². The summed E-state index contributed by atoms with van der Waals surface area (Å²) < 4.78 is 16.8. The lowest BCUT2D eigenvalue weighted by Gasteiger charge is -2.18. The van der Waals surface area contributed by atoms with Crippen molar-refractivity contribution in [3.05, 3.63) is 72.9 Å². The third-order valence-corrected chi connectivity index (χ3v) is 11.7. The van der Waals surface area contributed by atoms with Crippen molar-refractivity contribution in [2.45, 2.75) is 271 Å². The van der Waals surface area contributed by atoms with Gasteiger partial charge in [0.2, 0.25) is 0 Å². The first-order chi connectivity index (χ1) is 32.0. The Hall–Kier alpha value is -3.15. The average molecular weight is 907 g/mol. The topological polar surface area (TPSA) is 78.9 Å². The molecule has 0 aliphatic carbocycles. The Balaban J connectivity index is 4.42. The van der Waals surface area contributed by atoms with Crippen LogP contribution in [0.2, 0.25) is 0 Å². The van der Waals surface area contributed by atoms with Gasteiger partial charge in [0.15, 0.2) is 6.10 Å². The minimum Gasteiger partial charge on any atom is -0.462 e. The van der Waals surface area contributed by atoms with Crippen LogP contribution in [0.15, 0.2) is 72.9 Å². The first-order valence-electron chi connectivity index (χ1n) is 27.4. The molecule has 0 bridgehead atoms. The Morgan fingerprint density at radius 3 is 0.908 bits per heavy atom. The third-order valence-electron chi connectivity index (χ3n) is 11.7. The van der Waals surface area contributed by atoms with Crippen LogP contribution in [0.3, 0.4) is 0 Å². The predicted octanol–water partition coefficient (Wildman–Crippen LogP) is 18.2. The molecule has 6 nitrogen and oxygen atoms in total. The van der Waals surface area contributed by atoms with Crippen LogP contribution in [0, 0.1) is 0 Å². The van der Waals surface area contributed by atoms with Crippen LogP contribution in [0.1, 0.15) is 265 Å². The van der Waals surface area contributed by atoms with Gasteiger partial charge < -0.3 is 14.2 Å². The molecule has 0 aromatic rings. The van der Waals surface area contributed by atoms with Crippen molar-refractivity contribution in [2.75, 3.05) is 13.2 Å². The molecule has 0 aliphatic heterocycles. The minimum atomic E-state index is -0.791. The van der Waals surface area contributed by atoms with E-state index in [0.29, 0.717) is 19.3 Å². The van der Waals surface area contributed by atoms with Crippen molar-refractivity contribution >= 4 is 17.9 Å². The molecule has 0 unspecified atom stereocenters. The van der Waals surface area contributed by atoms with Gasteiger partial charge in [0.1, 0.15) is 13.2 Å². The molecule has 0 heterocycles.